The second-order valence-corrected chi connectivity index (χ2v) is 11.4. The van der Waals surface area contributed by atoms with E-state index in [2.05, 4.69) is 10.3 Å². The molecule has 2 aromatic heterocycles. The first-order valence-corrected chi connectivity index (χ1v) is 14.7. The average molecular weight is 580 g/mol. The van der Waals surface area contributed by atoms with Crippen LogP contribution in [0.1, 0.15) is 40.6 Å². The molecule has 0 radical (unpaired) electrons. The van der Waals surface area contributed by atoms with E-state index in [9.17, 15) is 23.6 Å². The summed E-state index contributed by atoms with van der Waals surface area (Å²) in [5.74, 6) is -2.37. The van der Waals surface area contributed by atoms with Crippen molar-refractivity contribution in [3.63, 3.8) is 0 Å². The third-order valence-electron chi connectivity index (χ3n) is 5.73. The number of ether oxygens (including phenoxy) is 2. The summed E-state index contributed by atoms with van der Waals surface area (Å²) in [5.41, 5.74) is 1.93. The second kappa shape index (κ2) is 12.7. The first-order valence-electron chi connectivity index (χ1n) is 11.9. The van der Waals surface area contributed by atoms with Gasteiger partial charge in [-0.25, -0.2) is 9.18 Å². The zero-order valence-corrected chi connectivity index (χ0v) is 23.3. The van der Waals surface area contributed by atoms with Crippen LogP contribution in [0.4, 0.5) is 9.39 Å². The van der Waals surface area contributed by atoms with Crippen LogP contribution in [0, 0.1) is 5.82 Å². The maximum absolute atomic E-state index is 13.7. The minimum absolute atomic E-state index is 0.0229. The Morgan fingerprint density at radius 2 is 1.95 bits per heavy atom. The number of rotatable bonds is 9. The van der Waals surface area contributed by atoms with E-state index in [0.29, 0.717) is 20.8 Å². The summed E-state index contributed by atoms with van der Waals surface area (Å²) in [4.78, 5) is 55.1. The van der Waals surface area contributed by atoms with Gasteiger partial charge in [0.05, 0.1) is 41.0 Å². The largest absolute Gasteiger partial charge is 0.465 e. The molecule has 1 aromatic carbocycles. The lowest BCUT2D eigenvalue weighted by molar-refractivity contribution is -0.143. The summed E-state index contributed by atoms with van der Waals surface area (Å²) in [7, 11) is 1.31. The molecule has 3 aromatic rings. The van der Waals surface area contributed by atoms with Gasteiger partial charge in [-0.15, -0.1) is 23.1 Å². The van der Waals surface area contributed by atoms with Gasteiger partial charge < -0.3 is 19.4 Å². The molecule has 2 heterocycles. The van der Waals surface area contributed by atoms with Crippen molar-refractivity contribution in [3.05, 3.63) is 44.8 Å². The number of nitrogens with zero attached hydrogens (tertiary/aromatic N) is 2. The number of amides is 2. The Bertz CT molecular complexity index is 1460. The first kappa shape index (κ1) is 28.0. The van der Waals surface area contributed by atoms with E-state index in [-0.39, 0.29) is 35.4 Å². The van der Waals surface area contributed by atoms with Crippen LogP contribution in [0.5, 0.6) is 0 Å². The molecule has 1 aliphatic rings. The number of nitrogens with one attached hydrogen (secondary N) is 1. The van der Waals surface area contributed by atoms with Gasteiger partial charge >= 0.3 is 11.9 Å². The van der Waals surface area contributed by atoms with Gasteiger partial charge in [-0.1, -0.05) is 11.3 Å². The standard InChI is InChI=1S/C25H26FN3O6S3/c1-3-35-21(32)11-29-16-9-8-14(26)10-18(16)38-25(29)28-20(31)13-36-12-19(30)27-23-22(24(33)34-2)15-6-4-5-7-17(15)37-23/h8-10H,3-7,11-13H2,1-2H3,(H,27,30). The molecule has 0 saturated heterocycles. The molecular weight excluding hydrogens is 553 g/mol. The number of carbonyl (C=O) groups excluding carboxylic acids is 4. The van der Waals surface area contributed by atoms with Crippen molar-refractivity contribution < 1.29 is 33.0 Å². The lowest BCUT2D eigenvalue weighted by Gasteiger charge is -2.11. The minimum Gasteiger partial charge on any atom is -0.465 e. The highest BCUT2D eigenvalue weighted by atomic mass is 32.2. The third kappa shape index (κ3) is 6.51. The van der Waals surface area contributed by atoms with Gasteiger partial charge in [0, 0.05) is 4.88 Å². The number of esters is 2. The normalized spacial score (nSPS) is 13.3. The van der Waals surface area contributed by atoms with Crippen LogP contribution in [0.15, 0.2) is 23.2 Å². The van der Waals surface area contributed by atoms with Gasteiger partial charge in [-0.2, -0.15) is 4.99 Å². The highest BCUT2D eigenvalue weighted by molar-refractivity contribution is 8.00. The van der Waals surface area contributed by atoms with Crippen LogP contribution in [0.2, 0.25) is 0 Å². The van der Waals surface area contributed by atoms with Crippen LogP contribution in [-0.4, -0.2) is 53.5 Å². The van der Waals surface area contributed by atoms with E-state index in [1.807, 2.05) is 0 Å². The van der Waals surface area contributed by atoms with Crippen molar-refractivity contribution >= 4 is 73.4 Å². The Hall–Kier alpha value is -3.03. The number of benzene rings is 1. The Morgan fingerprint density at radius 3 is 2.71 bits per heavy atom. The predicted octanol–water partition coefficient (Wildman–Crippen LogP) is 3.93. The fraction of sp³-hybridized carbons (Fsp3) is 0.400. The highest BCUT2D eigenvalue weighted by Gasteiger charge is 2.27. The molecule has 0 aliphatic heterocycles. The topological polar surface area (TPSA) is 116 Å². The number of aryl methyl sites for hydroxylation is 1. The van der Waals surface area contributed by atoms with Crippen molar-refractivity contribution in [1.82, 2.24) is 4.57 Å². The Labute approximate surface area is 230 Å². The van der Waals surface area contributed by atoms with E-state index < -0.39 is 23.7 Å². The molecule has 202 valence electrons. The number of hydrogen-bond acceptors (Lipinski definition) is 9. The summed E-state index contributed by atoms with van der Waals surface area (Å²) in [5, 5.41) is 3.27. The molecule has 0 atom stereocenters. The van der Waals surface area contributed by atoms with E-state index in [1.165, 1.54) is 41.2 Å². The van der Waals surface area contributed by atoms with Crippen LogP contribution in [-0.2, 0) is 43.2 Å². The van der Waals surface area contributed by atoms with Gasteiger partial charge in [0.1, 0.15) is 17.4 Å². The molecule has 0 spiro atoms. The number of halogens is 1. The van der Waals surface area contributed by atoms with Crippen LogP contribution >= 0.6 is 34.4 Å². The van der Waals surface area contributed by atoms with Gasteiger partial charge in [-0.3, -0.25) is 14.4 Å². The Balaban J connectivity index is 1.43. The number of thiazole rings is 1. The Kier molecular flexibility index (Phi) is 9.34. The zero-order valence-electron chi connectivity index (χ0n) is 20.8. The molecule has 0 bridgehead atoms. The molecule has 0 fully saturated rings. The van der Waals surface area contributed by atoms with Crippen molar-refractivity contribution in [2.24, 2.45) is 4.99 Å². The van der Waals surface area contributed by atoms with Crippen molar-refractivity contribution in [2.45, 2.75) is 39.2 Å². The monoisotopic (exact) mass is 579 g/mol. The van der Waals surface area contributed by atoms with Crippen LogP contribution in [0.3, 0.4) is 0 Å². The number of methoxy groups -OCH3 is 1. The number of anilines is 1. The van der Waals surface area contributed by atoms with E-state index in [4.69, 9.17) is 9.47 Å². The molecule has 4 rings (SSSR count). The number of aromatic nitrogens is 1. The maximum atomic E-state index is 13.7. The number of thioether (sulfide) groups is 1. The van der Waals surface area contributed by atoms with Gasteiger partial charge in [0.2, 0.25) is 5.91 Å². The lowest BCUT2D eigenvalue weighted by Crippen LogP contribution is -2.23. The lowest BCUT2D eigenvalue weighted by atomic mass is 9.95. The van der Waals surface area contributed by atoms with Crippen LogP contribution in [0.25, 0.3) is 10.2 Å². The summed E-state index contributed by atoms with van der Waals surface area (Å²) in [6.07, 6.45) is 3.66. The molecule has 1 aliphatic carbocycles. The van der Waals surface area contributed by atoms with E-state index in [0.717, 1.165) is 59.2 Å². The average Bonchev–Trinajstić information content (AvgIpc) is 3.40. The number of hydrogen-bond donors (Lipinski definition) is 1. The fourth-order valence-corrected chi connectivity index (χ4v) is 7.09. The molecule has 9 nitrogen and oxygen atoms in total. The maximum Gasteiger partial charge on any atom is 0.341 e. The summed E-state index contributed by atoms with van der Waals surface area (Å²) >= 11 is 3.56. The number of thiophene rings is 1. The predicted molar refractivity (Wildman–Crippen MR) is 145 cm³/mol. The van der Waals surface area contributed by atoms with Crippen molar-refractivity contribution in [2.75, 3.05) is 30.5 Å². The summed E-state index contributed by atoms with van der Waals surface area (Å²) in [6.45, 7) is 1.72. The van der Waals surface area contributed by atoms with E-state index >= 15 is 0 Å². The SMILES string of the molecule is CCOC(=O)Cn1c(=NC(=O)CSCC(=O)Nc2sc3c(c2C(=O)OC)CCCC3)sc2cc(F)ccc21. The highest BCUT2D eigenvalue weighted by Crippen LogP contribution is 2.38. The smallest absolute Gasteiger partial charge is 0.341 e. The molecular formula is C25H26FN3O6S3. The first-order chi connectivity index (χ1) is 18.3. The number of fused-ring (bicyclic) bond motifs is 2. The molecule has 1 N–H and O–H groups in total. The molecule has 13 heteroatoms. The third-order valence-corrected chi connectivity index (χ3v) is 8.90. The van der Waals surface area contributed by atoms with Gasteiger partial charge in [-0.05, 0) is 56.4 Å². The minimum atomic E-state index is -0.505. The van der Waals surface area contributed by atoms with E-state index in [1.54, 1.807) is 6.92 Å². The Morgan fingerprint density at radius 1 is 1.16 bits per heavy atom. The summed E-state index contributed by atoms with van der Waals surface area (Å²) in [6, 6.07) is 4.11. The van der Waals surface area contributed by atoms with Crippen molar-refractivity contribution in [1.29, 1.82) is 0 Å². The van der Waals surface area contributed by atoms with Crippen molar-refractivity contribution in [3.8, 4) is 0 Å². The zero-order chi connectivity index (χ0) is 27.2. The number of carbonyl (C=O) groups is 4. The summed E-state index contributed by atoms with van der Waals surface area (Å²) < 4.78 is 25.7. The quantitative estimate of drug-likeness (QED) is 0.382. The molecule has 38 heavy (non-hydrogen) atoms. The van der Waals surface area contributed by atoms with Gasteiger partial charge in [0.25, 0.3) is 5.91 Å². The molecule has 0 saturated carbocycles. The fourth-order valence-electron chi connectivity index (χ4n) is 4.13. The van der Waals surface area contributed by atoms with Crippen LogP contribution < -0.4 is 10.1 Å². The molecule has 2 amide bonds. The van der Waals surface area contributed by atoms with Gasteiger partial charge in [0.15, 0.2) is 4.80 Å². The molecule has 0 unspecified atom stereocenters. The second-order valence-electron chi connectivity index (χ2n) is 8.34.